The van der Waals surface area contributed by atoms with E-state index in [1.54, 1.807) is 0 Å². The molecule has 1 fully saturated rings. The highest BCUT2D eigenvalue weighted by Gasteiger charge is 2.24. The molecule has 0 aromatic carbocycles. The van der Waals surface area contributed by atoms with Gasteiger partial charge in [-0.1, -0.05) is 19.8 Å². The Hall–Kier alpha value is -0.610. The molecular weight excluding hydrogens is 214 g/mol. The summed E-state index contributed by atoms with van der Waals surface area (Å²) in [5.74, 6) is 0.901. The first-order chi connectivity index (χ1) is 8.02. The standard InChI is InChI=1S/C13H27N3O/c1-10-6-4-5-7-12(10)16(3)8-9-17-11(2)13(14)15/h10-12H,4-9H2,1-3H3,(H3,14,15). The van der Waals surface area contributed by atoms with Gasteiger partial charge in [-0.05, 0) is 32.7 Å². The van der Waals surface area contributed by atoms with Crippen LogP contribution in [0.5, 0.6) is 0 Å². The molecule has 100 valence electrons. The van der Waals surface area contributed by atoms with E-state index in [-0.39, 0.29) is 11.9 Å². The average molecular weight is 241 g/mol. The summed E-state index contributed by atoms with van der Waals surface area (Å²) in [6.07, 6.45) is 5.12. The SMILES string of the molecule is CC(OCCN(C)C1CCCCC1C)C(=N)N. The minimum Gasteiger partial charge on any atom is -0.385 e. The smallest absolute Gasteiger partial charge is 0.120 e. The molecule has 0 amide bonds. The number of ether oxygens (including phenoxy) is 1. The Morgan fingerprint density at radius 1 is 1.47 bits per heavy atom. The van der Waals surface area contributed by atoms with Crippen LogP contribution in [0.3, 0.4) is 0 Å². The first-order valence-electron chi connectivity index (χ1n) is 6.68. The average Bonchev–Trinajstić information content (AvgIpc) is 2.29. The van der Waals surface area contributed by atoms with Crippen molar-refractivity contribution in [1.82, 2.24) is 4.90 Å². The number of likely N-dealkylation sites (N-methyl/N-ethyl adjacent to an activating group) is 1. The Balaban J connectivity index is 2.24. The molecule has 3 atom stereocenters. The molecule has 0 aliphatic heterocycles. The maximum absolute atomic E-state index is 7.25. The molecule has 1 rings (SSSR count). The lowest BCUT2D eigenvalue weighted by molar-refractivity contribution is 0.0609. The van der Waals surface area contributed by atoms with E-state index in [4.69, 9.17) is 15.9 Å². The molecule has 17 heavy (non-hydrogen) atoms. The van der Waals surface area contributed by atoms with Crippen molar-refractivity contribution in [3.63, 3.8) is 0 Å². The second kappa shape index (κ2) is 6.97. The largest absolute Gasteiger partial charge is 0.385 e. The first-order valence-corrected chi connectivity index (χ1v) is 6.68. The molecule has 0 aromatic heterocycles. The van der Waals surface area contributed by atoms with E-state index in [0.29, 0.717) is 12.6 Å². The van der Waals surface area contributed by atoms with Gasteiger partial charge < -0.3 is 15.4 Å². The number of amidine groups is 1. The van der Waals surface area contributed by atoms with Gasteiger partial charge >= 0.3 is 0 Å². The zero-order valence-corrected chi connectivity index (χ0v) is 11.4. The van der Waals surface area contributed by atoms with Crippen molar-refractivity contribution in [1.29, 1.82) is 5.41 Å². The zero-order valence-electron chi connectivity index (χ0n) is 11.4. The summed E-state index contributed by atoms with van der Waals surface area (Å²) in [7, 11) is 2.17. The molecule has 0 bridgehead atoms. The van der Waals surface area contributed by atoms with E-state index in [0.717, 1.165) is 12.5 Å². The van der Waals surface area contributed by atoms with Crippen LogP contribution < -0.4 is 5.73 Å². The number of rotatable bonds is 6. The van der Waals surface area contributed by atoms with Crippen LogP contribution in [0.4, 0.5) is 0 Å². The Labute approximate surface area is 105 Å². The number of nitrogens with one attached hydrogen (secondary N) is 1. The fraction of sp³-hybridized carbons (Fsp3) is 0.923. The van der Waals surface area contributed by atoms with Gasteiger partial charge in [0.2, 0.25) is 0 Å². The van der Waals surface area contributed by atoms with Gasteiger partial charge in [0.1, 0.15) is 11.9 Å². The predicted molar refractivity (Wildman–Crippen MR) is 71.4 cm³/mol. The molecule has 3 unspecified atom stereocenters. The third-order valence-electron chi connectivity index (χ3n) is 3.88. The summed E-state index contributed by atoms with van der Waals surface area (Å²) in [5, 5.41) is 7.25. The molecule has 0 aromatic rings. The van der Waals surface area contributed by atoms with Crippen molar-refractivity contribution in [3.8, 4) is 0 Å². The van der Waals surface area contributed by atoms with Crippen molar-refractivity contribution in [2.24, 2.45) is 11.7 Å². The van der Waals surface area contributed by atoms with Crippen LogP contribution in [-0.4, -0.2) is 43.1 Å². The van der Waals surface area contributed by atoms with Gasteiger partial charge in [-0.3, -0.25) is 5.41 Å². The molecule has 1 aliphatic carbocycles. The van der Waals surface area contributed by atoms with Gasteiger partial charge in [0, 0.05) is 12.6 Å². The maximum atomic E-state index is 7.25. The second-order valence-electron chi connectivity index (χ2n) is 5.28. The molecule has 1 saturated carbocycles. The minimum absolute atomic E-state index is 0.110. The topological polar surface area (TPSA) is 62.3 Å². The fourth-order valence-electron chi connectivity index (χ4n) is 2.58. The lowest BCUT2D eigenvalue weighted by Gasteiger charge is -2.36. The van der Waals surface area contributed by atoms with Crippen LogP contribution >= 0.6 is 0 Å². The predicted octanol–water partition coefficient (Wildman–Crippen LogP) is 1.84. The second-order valence-corrected chi connectivity index (χ2v) is 5.28. The molecule has 0 radical (unpaired) electrons. The highest BCUT2D eigenvalue weighted by Crippen LogP contribution is 2.27. The molecule has 1 aliphatic rings. The lowest BCUT2D eigenvalue weighted by Crippen LogP contribution is -2.41. The van der Waals surface area contributed by atoms with Crippen molar-refractivity contribution < 1.29 is 4.74 Å². The lowest BCUT2D eigenvalue weighted by atomic mass is 9.85. The van der Waals surface area contributed by atoms with Crippen LogP contribution in [0.15, 0.2) is 0 Å². The summed E-state index contributed by atoms with van der Waals surface area (Å²) in [5.41, 5.74) is 5.36. The van der Waals surface area contributed by atoms with Crippen molar-refractivity contribution >= 4 is 5.84 Å². The van der Waals surface area contributed by atoms with Gasteiger partial charge in [0.15, 0.2) is 0 Å². The molecular formula is C13H27N3O. The fourth-order valence-corrected chi connectivity index (χ4v) is 2.58. The Morgan fingerprint density at radius 2 is 2.12 bits per heavy atom. The van der Waals surface area contributed by atoms with Gasteiger partial charge in [0.25, 0.3) is 0 Å². The van der Waals surface area contributed by atoms with Crippen LogP contribution in [0.25, 0.3) is 0 Å². The zero-order chi connectivity index (χ0) is 12.8. The number of nitrogens with two attached hydrogens (primary N) is 1. The van der Waals surface area contributed by atoms with Crippen molar-refractivity contribution in [2.45, 2.75) is 51.7 Å². The van der Waals surface area contributed by atoms with Gasteiger partial charge in [-0.25, -0.2) is 0 Å². The summed E-state index contributed by atoms with van der Waals surface area (Å²) in [6.45, 7) is 5.75. The van der Waals surface area contributed by atoms with Crippen LogP contribution in [0.2, 0.25) is 0 Å². The van der Waals surface area contributed by atoms with Crippen LogP contribution in [0, 0.1) is 11.3 Å². The number of hydrogen-bond donors (Lipinski definition) is 2. The van der Waals surface area contributed by atoms with E-state index in [2.05, 4.69) is 18.9 Å². The number of nitrogens with zero attached hydrogens (tertiary/aromatic N) is 1. The van der Waals surface area contributed by atoms with Crippen LogP contribution in [-0.2, 0) is 4.74 Å². The van der Waals surface area contributed by atoms with Gasteiger partial charge in [0.05, 0.1) is 6.61 Å². The monoisotopic (exact) mass is 241 g/mol. The van der Waals surface area contributed by atoms with Crippen molar-refractivity contribution in [3.05, 3.63) is 0 Å². The maximum Gasteiger partial charge on any atom is 0.120 e. The summed E-state index contributed by atoms with van der Waals surface area (Å²) in [4.78, 5) is 2.40. The number of hydrogen-bond acceptors (Lipinski definition) is 3. The third-order valence-corrected chi connectivity index (χ3v) is 3.88. The van der Waals surface area contributed by atoms with E-state index in [1.165, 1.54) is 25.7 Å². The molecule has 3 N–H and O–H groups in total. The Morgan fingerprint density at radius 3 is 2.71 bits per heavy atom. The summed E-state index contributed by atoms with van der Waals surface area (Å²) < 4.78 is 5.51. The normalized spacial score (nSPS) is 27.1. The molecule has 4 heteroatoms. The Kier molecular flexibility index (Phi) is 5.92. The Bertz CT molecular complexity index is 245. The molecule has 0 saturated heterocycles. The molecule has 0 spiro atoms. The molecule has 4 nitrogen and oxygen atoms in total. The van der Waals surface area contributed by atoms with E-state index < -0.39 is 0 Å². The highest BCUT2D eigenvalue weighted by molar-refractivity contribution is 5.81. The van der Waals surface area contributed by atoms with E-state index in [9.17, 15) is 0 Å². The summed E-state index contributed by atoms with van der Waals surface area (Å²) in [6, 6.07) is 0.694. The minimum atomic E-state index is -0.257. The van der Waals surface area contributed by atoms with E-state index in [1.807, 2.05) is 6.92 Å². The molecule has 0 heterocycles. The van der Waals surface area contributed by atoms with Gasteiger partial charge in [-0.2, -0.15) is 0 Å². The highest BCUT2D eigenvalue weighted by atomic mass is 16.5. The quantitative estimate of drug-likeness (QED) is 0.551. The summed E-state index contributed by atoms with van der Waals surface area (Å²) >= 11 is 0. The van der Waals surface area contributed by atoms with Crippen molar-refractivity contribution in [2.75, 3.05) is 20.2 Å². The van der Waals surface area contributed by atoms with Gasteiger partial charge in [-0.15, -0.1) is 0 Å². The third kappa shape index (κ3) is 4.64. The van der Waals surface area contributed by atoms with E-state index >= 15 is 0 Å². The first kappa shape index (κ1) is 14.5. The van der Waals surface area contributed by atoms with Crippen LogP contribution in [0.1, 0.15) is 39.5 Å².